The van der Waals surface area contributed by atoms with E-state index in [9.17, 15) is 10.0 Å². The molecular weight excluding hydrogens is 316 g/mol. The van der Waals surface area contributed by atoms with Crippen molar-refractivity contribution in [2.24, 2.45) is 22.4 Å². The number of oxime groups is 1. The van der Waals surface area contributed by atoms with Crippen molar-refractivity contribution in [1.29, 1.82) is 0 Å². The van der Waals surface area contributed by atoms with E-state index >= 15 is 0 Å². The van der Waals surface area contributed by atoms with Crippen LogP contribution in [0.2, 0.25) is 0 Å². The van der Waals surface area contributed by atoms with Crippen LogP contribution in [0.3, 0.4) is 0 Å². The summed E-state index contributed by atoms with van der Waals surface area (Å²) >= 11 is 0. The Labute approximate surface area is 149 Å². The molecule has 0 unspecified atom stereocenters. The van der Waals surface area contributed by atoms with Crippen molar-refractivity contribution in [3.63, 3.8) is 0 Å². The van der Waals surface area contributed by atoms with E-state index in [1.807, 2.05) is 30.3 Å². The van der Waals surface area contributed by atoms with Crippen LogP contribution in [0.4, 0.5) is 0 Å². The van der Waals surface area contributed by atoms with Crippen molar-refractivity contribution < 1.29 is 14.7 Å². The first-order valence-corrected chi connectivity index (χ1v) is 8.93. The van der Waals surface area contributed by atoms with E-state index < -0.39 is 11.6 Å². The monoisotopic (exact) mass is 344 g/mol. The molecule has 0 saturated heterocycles. The van der Waals surface area contributed by atoms with Crippen LogP contribution in [0.15, 0.2) is 35.5 Å². The van der Waals surface area contributed by atoms with Gasteiger partial charge in [-0.25, -0.2) is 0 Å². The van der Waals surface area contributed by atoms with Gasteiger partial charge in [-0.2, -0.15) is 0 Å². The van der Waals surface area contributed by atoms with Crippen molar-refractivity contribution >= 4 is 11.7 Å². The van der Waals surface area contributed by atoms with Gasteiger partial charge in [0.25, 0.3) is 0 Å². The van der Waals surface area contributed by atoms with Gasteiger partial charge in [0.15, 0.2) is 0 Å². The summed E-state index contributed by atoms with van der Waals surface area (Å²) in [6.45, 7) is 6.60. The lowest BCUT2D eigenvalue weighted by Crippen LogP contribution is -2.72. The van der Waals surface area contributed by atoms with Crippen LogP contribution in [-0.2, 0) is 16.0 Å². The highest BCUT2D eigenvalue weighted by atomic mass is 16.5. The maximum absolute atomic E-state index is 12.4. The number of nitrogens with one attached hydrogen (secondary N) is 1. The number of carbonyl (C=O) groups excluding carboxylic acids is 1. The standard InChI is InChI=1S/C20H28N2O3/c1-19(2)14-11-16(19)20(3,17(12-14)22-24)21-15(18(23)25-4)10-13-8-6-5-7-9-13/h5-9,14-16,21,24H,10-12H2,1-4H3/b22-17+/t14-,15+,16-,20-/m1/s1. The molecule has 5 heteroatoms. The number of hydrogen-bond donors (Lipinski definition) is 2. The van der Waals surface area contributed by atoms with E-state index in [4.69, 9.17) is 4.74 Å². The molecule has 0 radical (unpaired) electrons. The van der Waals surface area contributed by atoms with Crippen LogP contribution < -0.4 is 5.32 Å². The smallest absolute Gasteiger partial charge is 0.323 e. The largest absolute Gasteiger partial charge is 0.468 e. The molecule has 0 aromatic heterocycles. The molecule has 3 aliphatic rings. The first kappa shape index (κ1) is 17.9. The number of benzene rings is 1. The molecule has 1 aromatic carbocycles. The molecule has 0 heterocycles. The van der Waals surface area contributed by atoms with Crippen LogP contribution in [0.5, 0.6) is 0 Å². The normalized spacial score (nSPS) is 32.7. The quantitative estimate of drug-likeness (QED) is 0.489. The van der Waals surface area contributed by atoms with E-state index in [2.05, 4.69) is 31.2 Å². The SMILES string of the molecule is COC(=O)[C@H](Cc1ccccc1)N[C@@]1(C)/C(=N/O)C[C@H]2C[C@@H]1C2(C)C. The number of carbonyl (C=O) groups is 1. The van der Waals surface area contributed by atoms with Gasteiger partial charge >= 0.3 is 5.97 Å². The molecule has 2 bridgehead atoms. The zero-order valence-electron chi connectivity index (χ0n) is 15.5. The molecule has 4 rings (SSSR count). The van der Waals surface area contributed by atoms with Crippen LogP contribution in [-0.4, -0.2) is 35.6 Å². The first-order valence-electron chi connectivity index (χ1n) is 8.93. The maximum Gasteiger partial charge on any atom is 0.323 e. The second-order valence-electron chi connectivity index (χ2n) is 8.17. The van der Waals surface area contributed by atoms with E-state index in [0.29, 0.717) is 18.3 Å². The fraction of sp³-hybridized carbons (Fsp3) is 0.600. The van der Waals surface area contributed by atoms with E-state index in [-0.39, 0.29) is 11.4 Å². The van der Waals surface area contributed by atoms with Crippen molar-refractivity contribution in [3.05, 3.63) is 35.9 Å². The number of esters is 1. The van der Waals surface area contributed by atoms with Gasteiger partial charge < -0.3 is 9.94 Å². The second-order valence-corrected chi connectivity index (χ2v) is 8.17. The lowest BCUT2D eigenvalue weighted by atomic mass is 9.43. The van der Waals surface area contributed by atoms with E-state index in [1.54, 1.807) is 0 Å². The Bertz CT molecular complexity index is 671. The van der Waals surface area contributed by atoms with Crippen molar-refractivity contribution in [2.45, 2.75) is 51.6 Å². The van der Waals surface area contributed by atoms with Gasteiger partial charge in [-0.15, -0.1) is 0 Å². The number of fused-ring (bicyclic) bond motifs is 2. The molecule has 25 heavy (non-hydrogen) atoms. The van der Waals surface area contributed by atoms with Gasteiger partial charge in [0.05, 0.1) is 18.4 Å². The van der Waals surface area contributed by atoms with Gasteiger partial charge in [0.1, 0.15) is 6.04 Å². The Kier molecular flexibility index (Phi) is 4.62. The van der Waals surface area contributed by atoms with Crippen molar-refractivity contribution in [2.75, 3.05) is 7.11 Å². The summed E-state index contributed by atoms with van der Waals surface area (Å²) in [7, 11) is 1.41. The topological polar surface area (TPSA) is 70.9 Å². The molecular formula is C20H28N2O3. The zero-order valence-corrected chi connectivity index (χ0v) is 15.5. The molecule has 0 amide bonds. The minimum atomic E-state index is -0.513. The number of ether oxygens (including phenoxy) is 1. The zero-order chi connectivity index (χ0) is 18.2. The Hall–Kier alpha value is -1.88. The highest BCUT2D eigenvalue weighted by molar-refractivity contribution is 5.96. The van der Waals surface area contributed by atoms with Gasteiger partial charge in [-0.05, 0) is 49.0 Å². The third kappa shape index (κ3) is 2.95. The molecule has 3 fully saturated rings. The predicted molar refractivity (Wildman–Crippen MR) is 96.7 cm³/mol. The van der Waals surface area contributed by atoms with Crippen LogP contribution in [0.25, 0.3) is 0 Å². The Morgan fingerprint density at radius 3 is 2.60 bits per heavy atom. The summed E-state index contributed by atoms with van der Waals surface area (Å²) in [5.41, 5.74) is 1.47. The fourth-order valence-electron chi connectivity index (χ4n) is 4.86. The molecule has 5 nitrogen and oxygen atoms in total. The molecule has 1 aromatic rings. The number of rotatable bonds is 5. The average molecular weight is 344 g/mol. The maximum atomic E-state index is 12.4. The van der Waals surface area contributed by atoms with E-state index in [1.165, 1.54) is 7.11 Å². The molecule has 2 N–H and O–H groups in total. The van der Waals surface area contributed by atoms with E-state index in [0.717, 1.165) is 24.1 Å². The van der Waals surface area contributed by atoms with Crippen LogP contribution in [0.1, 0.15) is 39.2 Å². The fourth-order valence-corrected chi connectivity index (χ4v) is 4.86. The molecule has 3 saturated carbocycles. The molecule has 0 spiro atoms. The summed E-state index contributed by atoms with van der Waals surface area (Å²) in [4.78, 5) is 12.4. The Morgan fingerprint density at radius 2 is 2.04 bits per heavy atom. The lowest BCUT2D eigenvalue weighted by molar-refractivity contribution is -0.145. The lowest BCUT2D eigenvalue weighted by Gasteiger charge is -2.64. The van der Waals surface area contributed by atoms with Crippen molar-refractivity contribution in [1.82, 2.24) is 5.32 Å². The molecule has 136 valence electrons. The number of hydrogen-bond acceptors (Lipinski definition) is 5. The van der Waals surface area contributed by atoms with Gasteiger partial charge in [-0.3, -0.25) is 10.1 Å². The Morgan fingerprint density at radius 1 is 1.36 bits per heavy atom. The third-order valence-corrected chi connectivity index (χ3v) is 6.57. The summed E-state index contributed by atoms with van der Waals surface area (Å²) in [6.07, 6.45) is 2.40. The summed E-state index contributed by atoms with van der Waals surface area (Å²) < 4.78 is 5.04. The predicted octanol–water partition coefficient (Wildman–Crippen LogP) is 3.02. The van der Waals surface area contributed by atoms with Gasteiger partial charge in [0, 0.05) is 0 Å². The first-order chi connectivity index (χ1) is 11.8. The highest BCUT2D eigenvalue weighted by Crippen LogP contribution is 2.61. The van der Waals surface area contributed by atoms with Crippen LogP contribution >= 0.6 is 0 Å². The summed E-state index contributed by atoms with van der Waals surface area (Å²) in [6, 6.07) is 9.41. The third-order valence-electron chi connectivity index (χ3n) is 6.57. The summed E-state index contributed by atoms with van der Waals surface area (Å²) in [5.74, 6) is 0.582. The van der Waals surface area contributed by atoms with Crippen LogP contribution in [0, 0.1) is 17.3 Å². The highest BCUT2D eigenvalue weighted by Gasteiger charge is 2.63. The van der Waals surface area contributed by atoms with Crippen molar-refractivity contribution in [3.8, 4) is 0 Å². The molecule has 0 aliphatic heterocycles. The average Bonchev–Trinajstić information content (AvgIpc) is 2.60. The number of methoxy groups -OCH3 is 1. The van der Waals surface area contributed by atoms with Gasteiger partial charge in [-0.1, -0.05) is 49.3 Å². The Balaban J connectivity index is 1.87. The molecule has 3 aliphatic carbocycles. The second kappa shape index (κ2) is 6.45. The summed E-state index contributed by atoms with van der Waals surface area (Å²) in [5, 5.41) is 16.7. The number of nitrogens with zero attached hydrogens (tertiary/aromatic N) is 1. The van der Waals surface area contributed by atoms with Gasteiger partial charge in [0.2, 0.25) is 0 Å². The minimum absolute atomic E-state index is 0.170. The minimum Gasteiger partial charge on any atom is -0.468 e. The molecule has 4 atom stereocenters.